The molecular formula is C32H45ClF2N6O4. The van der Waals surface area contributed by atoms with Crippen molar-refractivity contribution in [2.24, 2.45) is 5.73 Å². The fourth-order valence-corrected chi connectivity index (χ4v) is 4.15. The van der Waals surface area contributed by atoms with Gasteiger partial charge in [0.25, 0.3) is 0 Å². The molecule has 1 unspecified atom stereocenters. The molecular weight excluding hydrogens is 606 g/mol. The fraction of sp³-hybridized carbons (Fsp3) is 0.469. The van der Waals surface area contributed by atoms with Crippen LogP contribution in [0.5, 0.6) is 0 Å². The number of halogens is 3. The van der Waals surface area contributed by atoms with Crippen LogP contribution in [0.25, 0.3) is 0 Å². The molecule has 0 bridgehead atoms. The van der Waals surface area contributed by atoms with E-state index in [1.807, 2.05) is 32.8 Å². The van der Waals surface area contributed by atoms with Crippen LogP contribution < -0.4 is 16.4 Å². The Morgan fingerprint density at radius 2 is 1.60 bits per heavy atom. The summed E-state index contributed by atoms with van der Waals surface area (Å²) >= 11 is 6.10. The number of likely N-dealkylation sites (N-methyl/N-ethyl adjacent to an activating group) is 1. The summed E-state index contributed by atoms with van der Waals surface area (Å²) in [5.74, 6) is -5.08. The first-order valence-electron chi connectivity index (χ1n) is 14.5. The number of aryl methyl sites for hydroxylation is 1. The molecule has 0 aromatic heterocycles. The van der Waals surface area contributed by atoms with Crippen LogP contribution in [-0.4, -0.2) is 85.2 Å². The molecule has 2 fully saturated rings. The van der Waals surface area contributed by atoms with Gasteiger partial charge in [-0.2, -0.15) is 8.78 Å². The van der Waals surface area contributed by atoms with Crippen molar-refractivity contribution < 1.29 is 28.0 Å². The number of nitrogens with two attached hydrogens (primary N) is 1. The molecule has 2 aliphatic rings. The third-order valence-corrected chi connectivity index (χ3v) is 7.50. The highest BCUT2D eigenvalue weighted by Crippen LogP contribution is 2.27. The van der Waals surface area contributed by atoms with Gasteiger partial charge in [0.1, 0.15) is 19.0 Å². The molecule has 1 heterocycles. The number of rotatable bonds is 8. The first-order chi connectivity index (χ1) is 21.1. The summed E-state index contributed by atoms with van der Waals surface area (Å²) in [7, 11) is 2.21. The number of Topliss-reactive ketones (excluding diaryl/α,β-unsaturated/α-hetero) is 1. The predicted octanol–water partition coefficient (Wildman–Crippen LogP) is 4.58. The molecule has 5 N–H and O–H groups in total. The molecule has 1 aliphatic carbocycles. The fourth-order valence-electron chi connectivity index (χ4n) is 3.97. The molecule has 248 valence electrons. The van der Waals surface area contributed by atoms with Gasteiger partial charge in [0, 0.05) is 62.3 Å². The van der Waals surface area contributed by atoms with Gasteiger partial charge in [-0.25, -0.2) is 0 Å². The summed E-state index contributed by atoms with van der Waals surface area (Å²) in [5, 5.41) is 13.4. The average Bonchev–Trinajstić information content (AvgIpc) is 3.82. The number of anilines is 1. The Morgan fingerprint density at radius 1 is 1.07 bits per heavy atom. The molecule has 45 heavy (non-hydrogen) atoms. The number of nitrogens with one attached hydrogen (secondary N) is 3. The number of ketones is 1. The second-order valence-electron chi connectivity index (χ2n) is 11.0. The summed E-state index contributed by atoms with van der Waals surface area (Å²) in [6.45, 7) is 12.3. The third kappa shape index (κ3) is 15.2. The van der Waals surface area contributed by atoms with E-state index >= 15 is 0 Å². The first kappa shape index (κ1) is 39.3. The quantitative estimate of drug-likeness (QED) is 0.186. The molecule has 1 atom stereocenters. The van der Waals surface area contributed by atoms with Crippen molar-refractivity contribution in [3.8, 4) is 0 Å². The van der Waals surface area contributed by atoms with Crippen molar-refractivity contribution in [1.82, 2.24) is 15.1 Å². The molecule has 0 spiro atoms. The van der Waals surface area contributed by atoms with Crippen molar-refractivity contribution in [3.05, 3.63) is 64.2 Å². The van der Waals surface area contributed by atoms with E-state index in [4.69, 9.17) is 27.5 Å². The lowest BCUT2D eigenvalue weighted by molar-refractivity contribution is -0.138. The number of alkyl halides is 2. The number of piperazine rings is 1. The zero-order chi connectivity index (χ0) is 34.3. The molecule has 4 rings (SSSR count). The van der Waals surface area contributed by atoms with Crippen molar-refractivity contribution >= 4 is 47.5 Å². The minimum absolute atomic E-state index is 0.0487. The maximum absolute atomic E-state index is 12.1. The maximum Gasteiger partial charge on any atom is 0.302 e. The van der Waals surface area contributed by atoms with Crippen LogP contribution in [0.2, 0.25) is 5.02 Å². The van der Waals surface area contributed by atoms with Crippen LogP contribution in [0.15, 0.2) is 42.5 Å². The predicted molar refractivity (Wildman–Crippen MR) is 174 cm³/mol. The van der Waals surface area contributed by atoms with Gasteiger partial charge in [-0.3, -0.25) is 24.7 Å². The standard InChI is InChI=1S/C19H21ClN4O2.C8H16N2.C4H6F2O.CH2O/c1-11-3-4-14(9-16(11)20)12(2)23-17(25)10-18(26)24-15-7-5-13(6-8-15)19(21)22;1-9-4-6-10(7-5-9)8-2-3-8;1-3(7)4(2,5)6;1-2/h3-9,12H,10H2,1-2H3,(H3,21,22)(H,23,25)(H,24,26);8H,2-7H2,1H3;1-2H3;1H2. The van der Waals surface area contributed by atoms with Gasteiger partial charge in [-0.05, 0) is 75.2 Å². The van der Waals surface area contributed by atoms with Crippen molar-refractivity contribution in [1.29, 1.82) is 5.41 Å². The summed E-state index contributed by atoms with van der Waals surface area (Å²) in [4.78, 5) is 46.8. The van der Waals surface area contributed by atoms with Gasteiger partial charge >= 0.3 is 5.92 Å². The SMILES string of the molecule is C=O.CC(=O)C(C)(F)F.CN1CCN(C2CC2)CC1.Cc1ccc(C(C)NC(=O)CC(=O)Nc2ccc(C(=N)N)cc2)cc1Cl. The number of hydrogen-bond donors (Lipinski definition) is 4. The van der Waals surface area contributed by atoms with Crippen molar-refractivity contribution in [2.75, 3.05) is 38.5 Å². The molecule has 13 heteroatoms. The zero-order valence-electron chi connectivity index (χ0n) is 26.6. The normalized spacial score (nSPS) is 15.4. The highest BCUT2D eigenvalue weighted by molar-refractivity contribution is 6.31. The Kier molecular flexibility index (Phi) is 16.5. The van der Waals surface area contributed by atoms with E-state index in [-0.39, 0.29) is 24.2 Å². The molecule has 2 amide bonds. The molecule has 2 aromatic carbocycles. The van der Waals surface area contributed by atoms with Gasteiger partial charge in [0.05, 0.1) is 6.04 Å². The number of benzene rings is 2. The largest absolute Gasteiger partial charge is 0.384 e. The van der Waals surface area contributed by atoms with E-state index in [9.17, 15) is 23.2 Å². The van der Waals surface area contributed by atoms with E-state index in [1.165, 1.54) is 39.0 Å². The van der Waals surface area contributed by atoms with Crippen LogP contribution in [0.4, 0.5) is 14.5 Å². The molecule has 1 saturated carbocycles. The van der Waals surface area contributed by atoms with E-state index in [0.717, 1.165) is 24.1 Å². The van der Waals surface area contributed by atoms with E-state index in [1.54, 1.807) is 30.3 Å². The Labute approximate surface area is 269 Å². The number of nitrogen functional groups attached to an aromatic ring is 1. The van der Waals surface area contributed by atoms with Crippen molar-refractivity contribution in [2.45, 2.75) is 65.0 Å². The van der Waals surface area contributed by atoms with E-state index < -0.39 is 17.6 Å². The molecule has 1 aliphatic heterocycles. The lowest BCUT2D eigenvalue weighted by Crippen LogP contribution is -2.45. The number of hydrogen-bond acceptors (Lipinski definition) is 7. The Morgan fingerprint density at radius 3 is 2.04 bits per heavy atom. The third-order valence-electron chi connectivity index (χ3n) is 7.09. The zero-order valence-corrected chi connectivity index (χ0v) is 27.3. The number of carbonyl (C=O) groups excluding carboxylic acids is 4. The van der Waals surface area contributed by atoms with E-state index in [0.29, 0.717) is 23.2 Å². The average molecular weight is 651 g/mol. The highest BCUT2D eigenvalue weighted by atomic mass is 35.5. The maximum atomic E-state index is 12.1. The van der Waals surface area contributed by atoms with Crippen LogP contribution in [0, 0.1) is 12.3 Å². The Balaban J connectivity index is 0.000000431. The highest BCUT2D eigenvalue weighted by Gasteiger charge is 2.30. The van der Waals surface area contributed by atoms with Gasteiger partial charge < -0.3 is 26.1 Å². The van der Waals surface area contributed by atoms with Gasteiger partial charge in [0.15, 0.2) is 5.78 Å². The van der Waals surface area contributed by atoms with Gasteiger partial charge in [-0.1, -0.05) is 23.7 Å². The minimum Gasteiger partial charge on any atom is -0.384 e. The summed E-state index contributed by atoms with van der Waals surface area (Å²) in [6.07, 6.45) is 2.63. The first-order valence-corrected chi connectivity index (χ1v) is 14.8. The molecule has 10 nitrogen and oxygen atoms in total. The number of amides is 2. The smallest absolute Gasteiger partial charge is 0.302 e. The summed E-state index contributed by atoms with van der Waals surface area (Å²) in [5.41, 5.74) is 8.30. The van der Waals surface area contributed by atoms with Crippen molar-refractivity contribution in [3.63, 3.8) is 0 Å². The number of carbonyl (C=O) groups is 4. The summed E-state index contributed by atoms with van der Waals surface area (Å²) in [6, 6.07) is 12.8. The van der Waals surface area contributed by atoms with Crippen LogP contribution in [0.1, 0.15) is 62.8 Å². The Hall–Kier alpha value is -3.74. The van der Waals surface area contributed by atoms with Crippen LogP contribution in [-0.2, 0) is 19.2 Å². The molecule has 0 radical (unpaired) electrons. The van der Waals surface area contributed by atoms with Crippen LogP contribution in [0.3, 0.4) is 0 Å². The molecule has 1 saturated heterocycles. The van der Waals surface area contributed by atoms with Gasteiger partial charge in [0.2, 0.25) is 11.8 Å². The number of amidine groups is 1. The number of nitrogens with zero attached hydrogens (tertiary/aromatic N) is 2. The lowest BCUT2D eigenvalue weighted by Gasteiger charge is -2.32. The molecule has 2 aromatic rings. The monoisotopic (exact) mass is 650 g/mol. The van der Waals surface area contributed by atoms with Gasteiger partial charge in [-0.15, -0.1) is 0 Å². The Bertz CT molecular complexity index is 1280. The minimum atomic E-state index is -3.14. The summed E-state index contributed by atoms with van der Waals surface area (Å²) < 4.78 is 23.0. The topological polar surface area (TPSA) is 149 Å². The second-order valence-corrected chi connectivity index (χ2v) is 11.4. The van der Waals surface area contributed by atoms with Crippen LogP contribution >= 0.6 is 11.6 Å². The lowest BCUT2D eigenvalue weighted by atomic mass is 10.1. The van der Waals surface area contributed by atoms with E-state index in [2.05, 4.69) is 27.5 Å². The second kappa shape index (κ2) is 18.9.